The number of rotatable bonds is 5. The van der Waals surface area contributed by atoms with Crippen LogP contribution in [0.15, 0.2) is 58.4 Å². The summed E-state index contributed by atoms with van der Waals surface area (Å²) < 4.78 is 27.2. The number of amides is 1. The summed E-state index contributed by atoms with van der Waals surface area (Å²) in [7, 11) is -3.69. The fourth-order valence-electron chi connectivity index (χ4n) is 4.10. The molecule has 1 fully saturated rings. The molecule has 33 heavy (non-hydrogen) atoms. The number of fused-ring (bicyclic) bond motifs is 1. The van der Waals surface area contributed by atoms with Crippen LogP contribution in [0.25, 0.3) is 0 Å². The van der Waals surface area contributed by atoms with Crippen LogP contribution in [-0.2, 0) is 14.8 Å². The molecule has 1 N–H and O–H groups in total. The molecule has 4 rings (SSSR count). The minimum atomic E-state index is -3.69. The molecule has 0 spiro atoms. The van der Waals surface area contributed by atoms with Gasteiger partial charge in [0, 0.05) is 37.8 Å². The highest BCUT2D eigenvalue weighted by atomic mass is 32.2. The Kier molecular flexibility index (Phi) is 6.07. The third-order valence-electron chi connectivity index (χ3n) is 5.83. The quantitative estimate of drug-likeness (QED) is 0.525. The Morgan fingerprint density at radius 2 is 1.70 bits per heavy atom. The molecule has 0 saturated carbocycles. The van der Waals surface area contributed by atoms with Gasteiger partial charge >= 0.3 is 0 Å². The lowest BCUT2D eigenvalue weighted by molar-refractivity contribution is -0.384. The molecule has 2 aromatic carbocycles. The van der Waals surface area contributed by atoms with E-state index in [1.165, 1.54) is 12.1 Å². The topological polar surface area (TPSA) is 125 Å². The molecular formula is C22H25N5O5S. The average Bonchev–Trinajstić information content (AvgIpc) is 3.07. The summed E-state index contributed by atoms with van der Waals surface area (Å²) in [6.07, 6.45) is 0. The Morgan fingerprint density at radius 3 is 2.36 bits per heavy atom. The molecule has 0 radical (unpaired) electrons. The van der Waals surface area contributed by atoms with Crippen LogP contribution in [-0.4, -0.2) is 62.2 Å². The number of sulfonamides is 1. The van der Waals surface area contributed by atoms with E-state index in [-0.39, 0.29) is 28.2 Å². The molecule has 1 atom stereocenters. The lowest BCUT2D eigenvalue weighted by Gasteiger charge is -2.37. The molecule has 0 aromatic heterocycles. The van der Waals surface area contributed by atoms with Crippen molar-refractivity contribution in [3.63, 3.8) is 0 Å². The van der Waals surface area contributed by atoms with E-state index in [0.29, 0.717) is 37.4 Å². The number of aliphatic imine (C=N–C) groups is 1. The Labute approximate surface area is 192 Å². The highest BCUT2D eigenvalue weighted by molar-refractivity contribution is 7.90. The fraction of sp³-hybridized carbons (Fsp3) is 0.364. The molecule has 11 heteroatoms. The molecule has 174 valence electrons. The second kappa shape index (κ2) is 8.81. The average molecular weight is 472 g/mol. The van der Waals surface area contributed by atoms with Gasteiger partial charge in [-0.15, -0.1) is 0 Å². The Bertz CT molecular complexity index is 1220. The van der Waals surface area contributed by atoms with Crippen LogP contribution >= 0.6 is 0 Å². The number of para-hydroxylation sites is 2. The normalized spacial score (nSPS) is 19.3. The van der Waals surface area contributed by atoms with Crippen molar-refractivity contribution in [3.05, 3.63) is 64.2 Å². The third kappa shape index (κ3) is 4.40. The van der Waals surface area contributed by atoms with E-state index in [4.69, 9.17) is 0 Å². The van der Waals surface area contributed by atoms with Crippen molar-refractivity contribution < 1.29 is 18.1 Å². The van der Waals surface area contributed by atoms with Crippen molar-refractivity contribution in [1.82, 2.24) is 9.62 Å². The lowest BCUT2D eigenvalue weighted by atomic mass is 10.0. The first-order valence-corrected chi connectivity index (χ1v) is 12.1. The van der Waals surface area contributed by atoms with Crippen LogP contribution in [0.4, 0.5) is 11.4 Å². The number of piperazine rings is 1. The summed E-state index contributed by atoms with van der Waals surface area (Å²) in [5.41, 5.74) is 1.03. The minimum absolute atomic E-state index is 0.0379. The van der Waals surface area contributed by atoms with E-state index < -0.39 is 21.0 Å². The molecule has 2 aliphatic heterocycles. The van der Waals surface area contributed by atoms with Crippen LogP contribution in [0.2, 0.25) is 0 Å². The number of nitrogens with one attached hydrogen (secondary N) is 1. The zero-order chi connectivity index (χ0) is 23.8. The molecule has 2 heterocycles. The number of benzene rings is 2. The number of hydrogen-bond acceptors (Lipinski definition) is 7. The van der Waals surface area contributed by atoms with Crippen LogP contribution in [0.5, 0.6) is 0 Å². The highest BCUT2D eigenvalue weighted by Crippen LogP contribution is 2.29. The maximum absolute atomic E-state index is 13.3. The summed E-state index contributed by atoms with van der Waals surface area (Å²) in [5.74, 6) is -0.171. The monoisotopic (exact) mass is 471 g/mol. The largest absolute Gasteiger partial charge is 0.362 e. The van der Waals surface area contributed by atoms with E-state index in [1.807, 2.05) is 18.7 Å². The van der Waals surface area contributed by atoms with E-state index in [1.54, 1.807) is 41.3 Å². The standard InChI is InChI=1S/C22H25N5O5S/c1-15(2)20(23-21-16-7-3-6-10-19(16)33(31,32)24-21)22(28)26-13-11-25(12-14-26)17-8-4-5-9-18(17)27(29)30/h3-10,15,20H,11-14H2,1-2H3,(H,23,24)/t20-/m0/s1. The van der Waals surface area contributed by atoms with Crippen molar-refractivity contribution in [2.24, 2.45) is 10.9 Å². The van der Waals surface area contributed by atoms with Gasteiger partial charge in [-0.2, -0.15) is 0 Å². The van der Waals surface area contributed by atoms with E-state index >= 15 is 0 Å². The minimum Gasteiger partial charge on any atom is -0.362 e. The molecule has 10 nitrogen and oxygen atoms in total. The second-order valence-corrected chi connectivity index (χ2v) is 9.98. The first kappa shape index (κ1) is 22.7. The van der Waals surface area contributed by atoms with Gasteiger partial charge < -0.3 is 9.80 Å². The number of nitro groups is 1. The van der Waals surface area contributed by atoms with Gasteiger partial charge in [0.05, 0.1) is 9.82 Å². The van der Waals surface area contributed by atoms with Gasteiger partial charge in [-0.05, 0) is 24.1 Å². The van der Waals surface area contributed by atoms with Gasteiger partial charge in [-0.3, -0.25) is 24.6 Å². The summed E-state index contributed by atoms with van der Waals surface area (Å²) in [4.78, 5) is 32.6. The van der Waals surface area contributed by atoms with Gasteiger partial charge in [0.2, 0.25) is 5.91 Å². The molecule has 2 aromatic rings. The predicted molar refractivity (Wildman–Crippen MR) is 124 cm³/mol. The molecule has 1 amide bonds. The van der Waals surface area contributed by atoms with Gasteiger partial charge in [0.1, 0.15) is 17.6 Å². The number of carbonyl (C=O) groups excluding carboxylic acids is 1. The fourth-order valence-corrected chi connectivity index (χ4v) is 5.34. The Balaban J connectivity index is 1.52. The summed E-state index contributed by atoms with van der Waals surface area (Å²) >= 11 is 0. The van der Waals surface area contributed by atoms with Crippen molar-refractivity contribution >= 4 is 33.1 Å². The number of anilines is 1. The number of amidine groups is 1. The van der Waals surface area contributed by atoms with E-state index in [2.05, 4.69) is 9.71 Å². The van der Waals surface area contributed by atoms with Crippen molar-refractivity contribution in [1.29, 1.82) is 0 Å². The predicted octanol–water partition coefficient (Wildman–Crippen LogP) is 2.01. The van der Waals surface area contributed by atoms with Crippen LogP contribution in [0.3, 0.4) is 0 Å². The molecule has 2 aliphatic rings. The lowest BCUT2D eigenvalue weighted by Crippen LogP contribution is -2.52. The molecule has 1 saturated heterocycles. The molecule has 0 aliphatic carbocycles. The first-order valence-electron chi connectivity index (χ1n) is 10.7. The van der Waals surface area contributed by atoms with Gasteiger partial charge in [-0.1, -0.05) is 38.1 Å². The van der Waals surface area contributed by atoms with Crippen molar-refractivity contribution in [3.8, 4) is 0 Å². The van der Waals surface area contributed by atoms with Crippen molar-refractivity contribution in [2.75, 3.05) is 31.1 Å². The van der Waals surface area contributed by atoms with Gasteiger partial charge in [0.15, 0.2) is 0 Å². The summed E-state index contributed by atoms with van der Waals surface area (Å²) in [6, 6.07) is 12.3. The first-order chi connectivity index (χ1) is 15.7. The number of carbonyl (C=O) groups is 1. The Morgan fingerprint density at radius 1 is 1.06 bits per heavy atom. The molecular weight excluding hydrogens is 446 g/mol. The number of hydrogen-bond donors (Lipinski definition) is 1. The number of nitro benzene ring substituents is 1. The van der Waals surface area contributed by atoms with Gasteiger partial charge in [0.25, 0.3) is 15.7 Å². The second-order valence-electron chi connectivity index (χ2n) is 8.33. The summed E-state index contributed by atoms with van der Waals surface area (Å²) in [5, 5.41) is 11.4. The third-order valence-corrected chi connectivity index (χ3v) is 7.22. The molecule has 0 bridgehead atoms. The van der Waals surface area contributed by atoms with Crippen molar-refractivity contribution in [2.45, 2.75) is 24.8 Å². The van der Waals surface area contributed by atoms with Crippen LogP contribution in [0, 0.1) is 16.0 Å². The zero-order valence-corrected chi connectivity index (χ0v) is 19.2. The highest BCUT2D eigenvalue weighted by Gasteiger charge is 2.35. The van der Waals surface area contributed by atoms with Gasteiger partial charge in [-0.25, -0.2) is 8.42 Å². The molecule has 0 unspecified atom stereocenters. The smallest absolute Gasteiger partial charge is 0.292 e. The SMILES string of the molecule is CC(C)[C@H](N=C1NS(=O)(=O)c2ccccc21)C(=O)N1CCN(c2ccccc2[N+](=O)[O-])CC1. The zero-order valence-electron chi connectivity index (χ0n) is 18.3. The van der Waals surface area contributed by atoms with E-state index in [0.717, 1.165) is 0 Å². The maximum Gasteiger partial charge on any atom is 0.292 e. The van der Waals surface area contributed by atoms with Crippen LogP contribution < -0.4 is 9.62 Å². The number of nitrogens with zero attached hydrogens (tertiary/aromatic N) is 4. The van der Waals surface area contributed by atoms with E-state index in [9.17, 15) is 23.3 Å². The maximum atomic E-state index is 13.3. The Hall–Kier alpha value is -3.47. The summed E-state index contributed by atoms with van der Waals surface area (Å²) in [6.45, 7) is 5.42. The van der Waals surface area contributed by atoms with Crippen LogP contribution in [0.1, 0.15) is 19.4 Å².